The van der Waals surface area contributed by atoms with E-state index in [1.165, 1.54) is 37.4 Å². The molecule has 0 unspecified atom stereocenters. The van der Waals surface area contributed by atoms with Gasteiger partial charge >= 0.3 is 5.97 Å². The van der Waals surface area contributed by atoms with Gasteiger partial charge in [0.2, 0.25) is 16.0 Å². The first-order valence-corrected chi connectivity index (χ1v) is 13.0. The minimum atomic E-state index is -3.65. The van der Waals surface area contributed by atoms with E-state index in [0.29, 0.717) is 22.5 Å². The monoisotopic (exact) mass is 509 g/mol. The van der Waals surface area contributed by atoms with Gasteiger partial charge in [-0.1, -0.05) is 26.0 Å². The number of ether oxygens (including phenoxy) is 1. The Balaban J connectivity index is 2.51. The summed E-state index contributed by atoms with van der Waals surface area (Å²) in [7, 11) is -2.30. The molecule has 0 spiro atoms. The molecule has 0 aliphatic heterocycles. The second-order valence-electron chi connectivity index (χ2n) is 8.39. The smallest absolute Gasteiger partial charge is 0.308 e. The number of hydrogen-bond acceptors (Lipinski definition) is 8. The SMILES string of the molecule is CCOC(=O)C[C@H](O)C[C@H](O)/C=C\c1c(-c2ccc(F)cc2)nc(N(C)S(C)(=O)=O)nc1C(C)C. The van der Waals surface area contributed by atoms with Gasteiger partial charge in [0.15, 0.2) is 0 Å². The van der Waals surface area contributed by atoms with Gasteiger partial charge < -0.3 is 14.9 Å². The number of sulfonamides is 1. The minimum Gasteiger partial charge on any atom is -0.466 e. The van der Waals surface area contributed by atoms with Crippen LogP contribution >= 0.6 is 0 Å². The van der Waals surface area contributed by atoms with Crippen molar-refractivity contribution < 1.29 is 32.6 Å². The third-order valence-corrected chi connectivity index (χ3v) is 6.27. The first-order valence-electron chi connectivity index (χ1n) is 11.1. The van der Waals surface area contributed by atoms with Crippen molar-refractivity contribution in [3.8, 4) is 11.3 Å². The van der Waals surface area contributed by atoms with Gasteiger partial charge in [-0.2, -0.15) is 0 Å². The van der Waals surface area contributed by atoms with E-state index in [-0.39, 0.29) is 31.3 Å². The summed E-state index contributed by atoms with van der Waals surface area (Å²) in [5.74, 6) is -1.20. The molecule has 11 heteroatoms. The Morgan fingerprint density at radius 2 is 1.83 bits per heavy atom. The average Bonchev–Trinajstić information content (AvgIpc) is 2.76. The van der Waals surface area contributed by atoms with Gasteiger partial charge in [0.25, 0.3) is 0 Å². The Morgan fingerprint density at radius 1 is 1.20 bits per heavy atom. The number of benzene rings is 1. The number of aliphatic hydroxyl groups excluding tert-OH is 2. The van der Waals surface area contributed by atoms with Crippen molar-refractivity contribution in [1.82, 2.24) is 9.97 Å². The van der Waals surface area contributed by atoms with Crippen LogP contribution in [0.5, 0.6) is 0 Å². The summed E-state index contributed by atoms with van der Waals surface area (Å²) >= 11 is 0. The first-order chi connectivity index (χ1) is 16.3. The minimum absolute atomic E-state index is 0.0434. The molecule has 2 rings (SSSR count). The van der Waals surface area contributed by atoms with Crippen LogP contribution in [0.3, 0.4) is 0 Å². The molecular formula is C24H32FN3O6S. The summed E-state index contributed by atoms with van der Waals surface area (Å²) in [4.78, 5) is 20.5. The maximum absolute atomic E-state index is 13.6. The summed E-state index contributed by atoms with van der Waals surface area (Å²) < 4.78 is 43.6. The lowest BCUT2D eigenvalue weighted by molar-refractivity contribution is -0.145. The van der Waals surface area contributed by atoms with Gasteiger partial charge in [-0.25, -0.2) is 27.1 Å². The largest absolute Gasteiger partial charge is 0.466 e. The summed E-state index contributed by atoms with van der Waals surface area (Å²) in [6.45, 7) is 5.60. The first kappa shape index (κ1) is 28.3. The lowest BCUT2D eigenvalue weighted by atomic mass is 9.97. The zero-order valence-corrected chi connectivity index (χ0v) is 21.3. The van der Waals surface area contributed by atoms with E-state index in [9.17, 15) is 27.8 Å². The Hall–Kier alpha value is -2.89. The number of hydrogen-bond donors (Lipinski definition) is 2. The second-order valence-corrected chi connectivity index (χ2v) is 10.4. The molecule has 9 nitrogen and oxygen atoms in total. The molecule has 1 heterocycles. The third-order valence-electron chi connectivity index (χ3n) is 5.11. The van der Waals surface area contributed by atoms with Crippen molar-refractivity contribution in [2.24, 2.45) is 0 Å². The lowest BCUT2D eigenvalue weighted by Gasteiger charge is -2.20. The van der Waals surface area contributed by atoms with E-state index < -0.39 is 34.0 Å². The number of carbonyl (C=O) groups is 1. The van der Waals surface area contributed by atoms with Crippen LogP contribution in [-0.4, -0.2) is 66.7 Å². The van der Waals surface area contributed by atoms with Crippen molar-refractivity contribution >= 4 is 28.0 Å². The lowest BCUT2D eigenvalue weighted by Crippen LogP contribution is -2.27. The number of aliphatic hydroxyl groups is 2. The van der Waals surface area contributed by atoms with Crippen molar-refractivity contribution in [2.75, 3.05) is 24.2 Å². The average molecular weight is 510 g/mol. The highest BCUT2D eigenvalue weighted by atomic mass is 32.2. The Labute approximate surface area is 205 Å². The van der Waals surface area contributed by atoms with Crippen LogP contribution in [-0.2, 0) is 19.6 Å². The standard InChI is InChI=1S/C24H32FN3O6S/c1-6-34-21(31)14-19(30)13-18(29)11-12-20-22(15(2)3)26-24(28(4)35(5,32)33)27-23(20)16-7-9-17(25)10-8-16/h7-12,15,18-19,29-30H,6,13-14H2,1-5H3/b12-11-/t18-,19-/m1/s1. The quantitative estimate of drug-likeness (QED) is 0.442. The molecule has 2 atom stereocenters. The van der Waals surface area contributed by atoms with E-state index >= 15 is 0 Å². The number of rotatable bonds is 11. The Bertz CT molecular complexity index is 1150. The molecule has 0 aliphatic carbocycles. The van der Waals surface area contributed by atoms with Crippen molar-refractivity contribution in [2.45, 2.75) is 51.7 Å². The Morgan fingerprint density at radius 3 is 2.37 bits per heavy atom. The summed E-state index contributed by atoms with van der Waals surface area (Å²) in [6, 6.07) is 5.56. The van der Waals surface area contributed by atoms with Crippen LogP contribution in [0.25, 0.3) is 17.3 Å². The second kappa shape index (κ2) is 12.2. The fourth-order valence-electron chi connectivity index (χ4n) is 3.26. The molecule has 1 aromatic carbocycles. The zero-order chi connectivity index (χ0) is 26.3. The molecule has 2 aromatic rings. The molecule has 1 aromatic heterocycles. The molecule has 0 bridgehead atoms. The molecule has 2 N–H and O–H groups in total. The molecule has 0 fully saturated rings. The van der Waals surface area contributed by atoms with Crippen LogP contribution in [0.4, 0.5) is 10.3 Å². The van der Waals surface area contributed by atoms with Gasteiger partial charge in [0.05, 0.1) is 42.9 Å². The fraction of sp³-hybridized carbons (Fsp3) is 0.458. The van der Waals surface area contributed by atoms with Crippen LogP contribution in [0.15, 0.2) is 30.3 Å². The topological polar surface area (TPSA) is 130 Å². The normalized spacial score (nSPS) is 13.7. The highest BCUT2D eigenvalue weighted by Crippen LogP contribution is 2.31. The number of carbonyl (C=O) groups excluding carboxylic acids is 1. The van der Waals surface area contributed by atoms with E-state index in [1.54, 1.807) is 13.0 Å². The van der Waals surface area contributed by atoms with Crippen molar-refractivity contribution in [1.29, 1.82) is 0 Å². The summed E-state index contributed by atoms with van der Waals surface area (Å²) in [5.41, 5.74) is 1.90. The molecule has 35 heavy (non-hydrogen) atoms. The van der Waals surface area contributed by atoms with Crippen LogP contribution in [0.1, 0.15) is 50.8 Å². The molecule has 0 saturated heterocycles. The van der Waals surface area contributed by atoms with Crippen LogP contribution in [0.2, 0.25) is 0 Å². The Kier molecular flexibility index (Phi) is 9.87. The van der Waals surface area contributed by atoms with E-state index in [4.69, 9.17) is 4.74 Å². The van der Waals surface area contributed by atoms with Crippen LogP contribution < -0.4 is 4.31 Å². The number of nitrogens with zero attached hydrogens (tertiary/aromatic N) is 3. The maximum atomic E-state index is 13.6. The predicted octanol–water partition coefficient (Wildman–Crippen LogP) is 2.88. The van der Waals surface area contributed by atoms with Crippen molar-refractivity contribution in [3.63, 3.8) is 0 Å². The molecular weight excluding hydrogens is 477 g/mol. The number of halogens is 1. The predicted molar refractivity (Wildman–Crippen MR) is 132 cm³/mol. The van der Waals surface area contributed by atoms with E-state index in [2.05, 4.69) is 9.97 Å². The van der Waals surface area contributed by atoms with Gasteiger partial charge in [0, 0.05) is 24.6 Å². The summed E-state index contributed by atoms with van der Waals surface area (Å²) in [5, 5.41) is 20.5. The van der Waals surface area contributed by atoms with E-state index in [1.807, 2.05) is 13.8 Å². The fourth-order valence-corrected chi connectivity index (χ4v) is 3.63. The molecule has 192 valence electrons. The number of aromatic nitrogens is 2. The highest BCUT2D eigenvalue weighted by Gasteiger charge is 2.22. The van der Waals surface area contributed by atoms with Gasteiger partial charge in [0.1, 0.15) is 5.82 Å². The van der Waals surface area contributed by atoms with Gasteiger partial charge in [-0.3, -0.25) is 4.79 Å². The van der Waals surface area contributed by atoms with Crippen LogP contribution in [0, 0.1) is 5.82 Å². The molecule has 0 amide bonds. The summed E-state index contributed by atoms with van der Waals surface area (Å²) in [6.07, 6.45) is 1.51. The highest BCUT2D eigenvalue weighted by molar-refractivity contribution is 7.92. The van der Waals surface area contributed by atoms with Gasteiger partial charge in [-0.05, 0) is 37.1 Å². The molecule has 0 radical (unpaired) electrons. The molecule has 0 saturated carbocycles. The van der Waals surface area contributed by atoms with Gasteiger partial charge in [-0.15, -0.1) is 0 Å². The zero-order valence-electron chi connectivity index (χ0n) is 20.5. The number of anilines is 1. The third kappa shape index (κ3) is 8.08. The molecule has 0 aliphatic rings. The maximum Gasteiger partial charge on any atom is 0.308 e. The van der Waals surface area contributed by atoms with Crippen molar-refractivity contribution in [3.05, 3.63) is 47.4 Å². The number of esters is 1. The van der Waals surface area contributed by atoms with E-state index in [0.717, 1.165) is 10.6 Å².